The molecule has 1 rings (SSSR count). The van der Waals surface area contributed by atoms with Crippen LogP contribution in [0.15, 0.2) is 18.2 Å². The van der Waals surface area contributed by atoms with Gasteiger partial charge in [0, 0.05) is 12.2 Å². The zero-order valence-electron chi connectivity index (χ0n) is 9.02. The van der Waals surface area contributed by atoms with E-state index in [1.807, 2.05) is 0 Å². The van der Waals surface area contributed by atoms with Gasteiger partial charge >= 0.3 is 0 Å². The maximum Gasteiger partial charge on any atom is 0.170 e. The Bertz CT molecular complexity index is 371. The zero-order chi connectivity index (χ0) is 12.0. The Kier molecular flexibility index (Phi) is 5.49. The SMILES string of the molecule is CCCCNC(=S)Nc1ccc(Cl)c(F)c1. The van der Waals surface area contributed by atoms with Crippen molar-refractivity contribution in [1.29, 1.82) is 0 Å². The monoisotopic (exact) mass is 260 g/mol. The first kappa shape index (κ1) is 13.2. The van der Waals surface area contributed by atoms with E-state index in [4.69, 9.17) is 23.8 Å². The third-order valence-electron chi connectivity index (χ3n) is 1.99. The van der Waals surface area contributed by atoms with Crippen LogP contribution in [-0.2, 0) is 0 Å². The summed E-state index contributed by atoms with van der Waals surface area (Å²) in [5.41, 5.74) is 0.593. The molecular formula is C11H14ClFN2S. The van der Waals surface area contributed by atoms with Crippen LogP contribution in [-0.4, -0.2) is 11.7 Å². The highest BCUT2D eigenvalue weighted by Gasteiger charge is 2.02. The van der Waals surface area contributed by atoms with Crippen LogP contribution in [0, 0.1) is 5.82 Å². The molecule has 0 heterocycles. The van der Waals surface area contributed by atoms with E-state index in [0.29, 0.717) is 10.8 Å². The Morgan fingerprint density at radius 3 is 2.88 bits per heavy atom. The van der Waals surface area contributed by atoms with Crippen molar-refractivity contribution in [2.24, 2.45) is 0 Å². The average Bonchev–Trinajstić information content (AvgIpc) is 2.24. The summed E-state index contributed by atoms with van der Waals surface area (Å²) >= 11 is 10.6. The van der Waals surface area contributed by atoms with E-state index >= 15 is 0 Å². The lowest BCUT2D eigenvalue weighted by Crippen LogP contribution is -2.29. The smallest absolute Gasteiger partial charge is 0.170 e. The van der Waals surface area contributed by atoms with Gasteiger partial charge in [0.15, 0.2) is 5.11 Å². The first-order chi connectivity index (χ1) is 7.63. The van der Waals surface area contributed by atoms with E-state index < -0.39 is 5.82 Å². The fourth-order valence-corrected chi connectivity index (χ4v) is 1.47. The second-order valence-corrected chi connectivity index (χ2v) is 4.18. The second kappa shape index (κ2) is 6.66. The van der Waals surface area contributed by atoms with Gasteiger partial charge in [-0.3, -0.25) is 0 Å². The summed E-state index contributed by atoms with van der Waals surface area (Å²) < 4.78 is 13.1. The van der Waals surface area contributed by atoms with Crippen molar-refractivity contribution in [1.82, 2.24) is 5.32 Å². The number of anilines is 1. The molecule has 0 saturated heterocycles. The van der Waals surface area contributed by atoms with Gasteiger partial charge in [-0.1, -0.05) is 24.9 Å². The molecule has 0 radical (unpaired) electrons. The standard InChI is InChI=1S/C11H14ClFN2S/c1-2-3-6-14-11(16)15-8-4-5-9(12)10(13)7-8/h4-5,7H,2-3,6H2,1H3,(H2,14,15,16). The quantitative estimate of drug-likeness (QED) is 0.639. The van der Waals surface area contributed by atoms with Gasteiger partial charge in [-0.15, -0.1) is 0 Å². The summed E-state index contributed by atoms with van der Waals surface area (Å²) in [6.07, 6.45) is 2.15. The number of hydrogen-bond acceptors (Lipinski definition) is 1. The van der Waals surface area contributed by atoms with Crippen molar-refractivity contribution < 1.29 is 4.39 Å². The topological polar surface area (TPSA) is 24.1 Å². The van der Waals surface area contributed by atoms with Crippen LogP contribution in [0.5, 0.6) is 0 Å². The van der Waals surface area contributed by atoms with Crippen molar-refractivity contribution in [3.05, 3.63) is 29.0 Å². The molecule has 0 bridgehead atoms. The molecule has 0 spiro atoms. The maximum atomic E-state index is 13.1. The van der Waals surface area contributed by atoms with Crippen LogP contribution >= 0.6 is 23.8 Å². The summed E-state index contributed by atoms with van der Waals surface area (Å²) in [6.45, 7) is 2.92. The van der Waals surface area contributed by atoms with Crippen molar-refractivity contribution in [3.8, 4) is 0 Å². The third kappa shape index (κ3) is 4.33. The molecule has 2 nitrogen and oxygen atoms in total. The van der Waals surface area contributed by atoms with Gasteiger partial charge in [-0.05, 0) is 36.8 Å². The van der Waals surface area contributed by atoms with Crippen LogP contribution < -0.4 is 10.6 Å². The molecule has 0 unspecified atom stereocenters. The second-order valence-electron chi connectivity index (χ2n) is 3.36. The highest BCUT2D eigenvalue weighted by atomic mass is 35.5. The summed E-state index contributed by atoms with van der Waals surface area (Å²) in [5.74, 6) is -0.456. The number of hydrogen-bond donors (Lipinski definition) is 2. The van der Waals surface area contributed by atoms with Crippen LogP contribution in [0.4, 0.5) is 10.1 Å². The highest BCUT2D eigenvalue weighted by Crippen LogP contribution is 2.18. The molecule has 1 aromatic carbocycles. The summed E-state index contributed by atoms with van der Waals surface area (Å²) in [7, 11) is 0. The lowest BCUT2D eigenvalue weighted by Gasteiger charge is -2.10. The predicted octanol–water partition coefficient (Wildman–Crippen LogP) is 3.57. The van der Waals surface area contributed by atoms with E-state index in [0.717, 1.165) is 19.4 Å². The Labute approximate surface area is 105 Å². The molecule has 88 valence electrons. The van der Waals surface area contributed by atoms with Crippen molar-refractivity contribution in [3.63, 3.8) is 0 Å². The number of thiocarbonyl (C=S) groups is 1. The van der Waals surface area contributed by atoms with E-state index in [1.165, 1.54) is 12.1 Å². The van der Waals surface area contributed by atoms with Crippen molar-refractivity contribution >= 4 is 34.6 Å². The predicted molar refractivity (Wildman–Crippen MR) is 70.5 cm³/mol. The lowest BCUT2D eigenvalue weighted by atomic mass is 10.3. The number of halogens is 2. The van der Waals surface area contributed by atoms with Crippen LogP contribution in [0.25, 0.3) is 0 Å². The molecule has 5 heteroatoms. The largest absolute Gasteiger partial charge is 0.362 e. The van der Waals surface area contributed by atoms with E-state index in [1.54, 1.807) is 6.07 Å². The van der Waals surface area contributed by atoms with Gasteiger partial charge in [-0.25, -0.2) is 4.39 Å². The van der Waals surface area contributed by atoms with Crippen LogP contribution in [0.3, 0.4) is 0 Å². The molecule has 0 aliphatic rings. The molecule has 0 amide bonds. The minimum atomic E-state index is -0.456. The molecular weight excluding hydrogens is 247 g/mol. The van der Waals surface area contributed by atoms with Gasteiger partial charge < -0.3 is 10.6 Å². The van der Waals surface area contributed by atoms with Crippen molar-refractivity contribution in [2.45, 2.75) is 19.8 Å². The third-order valence-corrected chi connectivity index (χ3v) is 2.55. The van der Waals surface area contributed by atoms with Crippen molar-refractivity contribution in [2.75, 3.05) is 11.9 Å². The van der Waals surface area contributed by atoms with E-state index in [9.17, 15) is 4.39 Å². The highest BCUT2D eigenvalue weighted by molar-refractivity contribution is 7.80. The van der Waals surface area contributed by atoms with Gasteiger partial charge in [0.2, 0.25) is 0 Å². The molecule has 0 aromatic heterocycles. The normalized spacial score (nSPS) is 9.94. The molecule has 1 aromatic rings. The Balaban J connectivity index is 2.46. The molecule has 16 heavy (non-hydrogen) atoms. The number of unbranched alkanes of at least 4 members (excludes halogenated alkanes) is 1. The van der Waals surface area contributed by atoms with E-state index in [2.05, 4.69) is 17.6 Å². The Morgan fingerprint density at radius 1 is 1.50 bits per heavy atom. The fourth-order valence-electron chi connectivity index (χ4n) is 1.13. The van der Waals surface area contributed by atoms with Crippen LogP contribution in [0.1, 0.15) is 19.8 Å². The first-order valence-corrected chi connectivity index (χ1v) is 5.92. The first-order valence-electron chi connectivity index (χ1n) is 5.13. The molecule has 0 aliphatic carbocycles. The molecule has 0 aliphatic heterocycles. The minimum Gasteiger partial charge on any atom is -0.362 e. The molecule has 0 atom stereocenters. The summed E-state index contributed by atoms with van der Waals surface area (Å²) in [5, 5.41) is 6.52. The fraction of sp³-hybridized carbons (Fsp3) is 0.364. The maximum absolute atomic E-state index is 13.1. The average molecular weight is 261 g/mol. The van der Waals surface area contributed by atoms with Gasteiger partial charge in [0.05, 0.1) is 5.02 Å². The molecule has 2 N–H and O–H groups in total. The van der Waals surface area contributed by atoms with Crippen LogP contribution in [0.2, 0.25) is 5.02 Å². The van der Waals surface area contributed by atoms with E-state index in [-0.39, 0.29) is 5.02 Å². The minimum absolute atomic E-state index is 0.107. The Morgan fingerprint density at radius 2 is 2.25 bits per heavy atom. The zero-order valence-corrected chi connectivity index (χ0v) is 10.6. The van der Waals surface area contributed by atoms with Gasteiger partial charge in [0.25, 0.3) is 0 Å². The molecule has 0 fully saturated rings. The lowest BCUT2D eigenvalue weighted by molar-refractivity contribution is 0.629. The Hall–Kier alpha value is -0.870. The summed E-state index contributed by atoms with van der Waals surface area (Å²) in [4.78, 5) is 0. The number of benzene rings is 1. The summed E-state index contributed by atoms with van der Waals surface area (Å²) in [6, 6.07) is 4.49. The van der Waals surface area contributed by atoms with Gasteiger partial charge in [-0.2, -0.15) is 0 Å². The van der Waals surface area contributed by atoms with Gasteiger partial charge in [0.1, 0.15) is 5.82 Å². The molecule has 0 saturated carbocycles. The number of nitrogens with one attached hydrogen (secondary N) is 2. The number of rotatable bonds is 4.